The van der Waals surface area contributed by atoms with Crippen LogP contribution in [0.25, 0.3) is 0 Å². The summed E-state index contributed by atoms with van der Waals surface area (Å²) < 4.78 is 5.32. The van der Waals surface area contributed by atoms with Gasteiger partial charge in [-0.3, -0.25) is 4.79 Å². The van der Waals surface area contributed by atoms with Crippen molar-refractivity contribution in [2.75, 3.05) is 19.6 Å². The lowest BCUT2D eigenvalue weighted by Gasteiger charge is -2.07. The molecule has 3 N–H and O–H groups in total. The average molecular weight is 240 g/mol. The maximum Gasteiger partial charge on any atom is 0.287 e. The Hall–Kier alpha value is -1.33. The minimum atomic E-state index is -0.372. The topological polar surface area (TPSA) is 74.5 Å². The third kappa shape index (κ3) is 5.01. The van der Waals surface area contributed by atoms with Gasteiger partial charge in [-0.1, -0.05) is 6.92 Å². The van der Waals surface area contributed by atoms with Crippen molar-refractivity contribution in [1.82, 2.24) is 10.6 Å². The Morgan fingerprint density at radius 2 is 2.24 bits per heavy atom. The van der Waals surface area contributed by atoms with Gasteiger partial charge in [0.15, 0.2) is 5.76 Å². The first-order valence-electron chi connectivity index (χ1n) is 5.89. The average Bonchev–Trinajstić information content (AvgIpc) is 2.76. The van der Waals surface area contributed by atoms with Crippen molar-refractivity contribution in [3.8, 4) is 0 Å². The van der Waals surface area contributed by atoms with Crippen LogP contribution in [0.2, 0.25) is 0 Å². The summed E-state index contributed by atoms with van der Waals surface area (Å²) in [5, 5.41) is 14.7. The minimum absolute atomic E-state index is 0.205. The molecular weight excluding hydrogens is 220 g/mol. The number of nitrogens with one attached hydrogen (secondary N) is 2. The standard InChI is InChI=1S/C12H20N2O3/c1-3-10-4-5-11(17-10)12(16)14-7-6-13-8-9(2)15/h4-5,9,13,15H,3,6-8H2,1-2H3,(H,14,16). The molecule has 17 heavy (non-hydrogen) atoms. The van der Waals surface area contributed by atoms with E-state index in [2.05, 4.69) is 10.6 Å². The monoisotopic (exact) mass is 240 g/mol. The predicted molar refractivity (Wildman–Crippen MR) is 65.0 cm³/mol. The van der Waals surface area contributed by atoms with Gasteiger partial charge in [-0.2, -0.15) is 0 Å². The number of aliphatic hydroxyl groups excluding tert-OH is 1. The van der Waals surface area contributed by atoms with E-state index in [4.69, 9.17) is 9.52 Å². The summed E-state index contributed by atoms with van der Waals surface area (Å²) in [6.07, 6.45) is 0.409. The molecule has 5 heteroatoms. The Morgan fingerprint density at radius 3 is 2.82 bits per heavy atom. The highest BCUT2D eigenvalue weighted by Crippen LogP contribution is 2.07. The number of hydrogen-bond acceptors (Lipinski definition) is 4. The zero-order valence-corrected chi connectivity index (χ0v) is 10.3. The van der Waals surface area contributed by atoms with Crippen LogP contribution in [0.1, 0.15) is 30.2 Å². The minimum Gasteiger partial charge on any atom is -0.456 e. The summed E-state index contributed by atoms with van der Waals surface area (Å²) in [7, 11) is 0. The number of amides is 1. The Morgan fingerprint density at radius 1 is 1.47 bits per heavy atom. The van der Waals surface area contributed by atoms with E-state index < -0.39 is 0 Å². The molecule has 0 saturated heterocycles. The quantitative estimate of drug-likeness (QED) is 0.608. The zero-order valence-electron chi connectivity index (χ0n) is 10.3. The molecule has 0 fully saturated rings. The summed E-state index contributed by atoms with van der Waals surface area (Å²) in [5.41, 5.74) is 0. The molecule has 0 aliphatic heterocycles. The van der Waals surface area contributed by atoms with Crippen LogP contribution in [-0.2, 0) is 6.42 Å². The summed E-state index contributed by atoms with van der Waals surface area (Å²) >= 11 is 0. The number of carbonyl (C=O) groups excluding carboxylic acids is 1. The van der Waals surface area contributed by atoms with Gasteiger partial charge in [-0.15, -0.1) is 0 Å². The highest BCUT2D eigenvalue weighted by Gasteiger charge is 2.09. The van der Waals surface area contributed by atoms with E-state index in [9.17, 15) is 4.79 Å². The molecule has 0 radical (unpaired) electrons. The second-order valence-corrected chi connectivity index (χ2v) is 3.93. The van der Waals surface area contributed by atoms with Gasteiger partial charge in [0.1, 0.15) is 5.76 Å². The van der Waals surface area contributed by atoms with Crippen LogP contribution in [-0.4, -0.2) is 36.8 Å². The molecule has 0 bridgehead atoms. The van der Waals surface area contributed by atoms with Crippen LogP contribution in [0.4, 0.5) is 0 Å². The van der Waals surface area contributed by atoms with Crippen LogP contribution in [0.15, 0.2) is 16.5 Å². The van der Waals surface area contributed by atoms with Crippen molar-refractivity contribution < 1.29 is 14.3 Å². The fraction of sp³-hybridized carbons (Fsp3) is 0.583. The lowest BCUT2D eigenvalue weighted by atomic mass is 10.3. The first-order valence-corrected chi connectivity index (χ1v) is 5.89. The Bertz CT molecular complexity index is 347. The fourth-order valence-electron chi connectivity index (χ4n) is 1.35. The summed E-state index contributed by atoms with van der Waals surface area (Å²) in [5.74, 6) is 0.948. The van der Waals surface area contributed by atoms with Crippen LogP contribution in [0.5, 0.6) is 0 Å². The van der Waals surface area contributed by atoms with E-state index in [1.54, 1.807) is 19.1 Å². The van der Waals surface area contributed by atoms with Crippen molar-refractivity contribution in [2.45, 2.75) is 26.4 Å². The van der Waals surface area contributed by atoms with Gasteiger partial charge in [0, 0.05) is 26.1 Å². The zero-order chi connectivity index (χ0) is 12.7. The van der Waals surface area contributed by atoms with E-state index in [1.807, 2.05) is 6.92 Å². The molecule has 0 spiro atoms. The van der Waals surface area contributed by atoms with E-state index in [-0.39, 0.29) is 12.0 Å². The number of hydrogen-bond donors (Lipinski definition) is 3. The number of aliphatic hydroxyl groups is 1. The van der Waals surface area contributed by atoms with E-state index >= 15 is 0 Å². The van der Waals surface area contributed by atoms with Crippen molar-refractivity contribution in [1.29, 1.82) is 0 Å². The maximum absolute atomic E-state index is 11.6. The molecule has 0 saturated carbocycles. The molecule has 1 heterocycles. The first-order chi connectivity index (χ1) is 8.13. The van der Waals surface area contributed by atoms with Crippen LogP contribution >= 0.6 is 0 Å². The lowest BCUT2D eigenvalue weighted by molar-refractivity contribution is 0.0924. The predicted octanol–water partition coefficient (Wildman–Crippen LogP) is 0.542. The Labute approximate surface area is 101 Å². The summed E-state index contributed by atoms with van der Waals surface area (Å²) in [6.45, 7) is 5.34. The lowest BCUT2D eigenvalue weighted by Crippen LogP contribution is -2.34. The molecule has 1 rings (SSSR count). The fourth-order valence-corrected chi connectivity index (χ4v) is 1.35. The summed E-state index contributed by atoms with van der Waals surface area (Å²) in [4.78, 5) is 11.6. The first kappa shape index (κ1) is 13.7. The third-order valence-electron chi connectivity index (χ3n) is 2.26. The molecular formula is C12H20N2O3. The van der Waals surface area contributed by atoms with Gasteiger partial charge in [-0.05, 0) is 19.1 Å². The molecule has 1 aromatic heterocycles. The van der Waals surface area contributed by atoms with E-state index in [1.165, 1.54) is 0 Å². The second-order valence-electron chi connectivity index (χ2n) is 3.93. The van der Waals surface area contributed by atoms with Crippen LogP contribution in [0, 0.1) is 0 Å². The van der Waals surface area contributed by atoms with Crippen molar-refractivity contribution in [3.05, 3.63) is 23.7 Å². The second kappa shape index (κ2) is 7.09. The Kier molecular flexibility index (Phi) is 5.72. The van der Waals surface area contributed by atoms with Crippen molar-refractivity contribution in [2.24, 2.45) is 0 Å². The molecule has 0 aromatic carbocycles. The van der Waals surface area contributed by atoms with E-state index in [0.717, 1.165) is 12.2 Å². The molecule has 1 aromatic rings. The van der Waals surface area contributed by atoms with Gasteiger partial charge in [0.05, 0.1) is 6.10 Å². The largest absolute Gasteiger partial charge is 0.456 e. The molecule has 96 valence electrons. The SMILES string of the molecule is CCc1ccc(C(=O)NCCNCC(C)O)o1. The molecule has 0 aliphatic rings. The normalized spacial score (nSPS) is 12.4. The number of furan rings is 1. The van der Waals surface area contributed by atoms with Crippen molar-refractivity contribution >= 4 is 5.91 Å². The van der Waals surface area contributed by atoms with Gasteiger partial charge in [0.25, 0.3) is 5.91 Å². The highest BCUT2D eigenvalue weighted by molar-refractivity contribution is 5.91. The smallest absolute Gasteiger partial charge is 0.287 e. The van der Waals surface area contributed by atoms with Crippen LogP contribution in [0.3, 0.4) is 0 Å². The van der Waals surface area contributed by atoms with E-state index in [0.29, 0.717) is 25.4 Å². The molecule has 0 aliphatic carbocycles. The van der Waals surface area contributed by atoms with Crippen LogP contribution < -0.4 is 10.6 Å². The molecule has 1 amide bonds. The number of carbonyl (C=O) groups is 1. The molecule has 1 atom stereocenters. The van der Waals surface area contributed by atoms with Gasteiger partial charge >= 0.3 is 0 Å². The van der Waals surface area contributed by atoms with Gasteiger partial charge in [0.2, 0.25) is 0 Å². The maximum atomic E-state index is 11.6. The van der Waals surface area contributed by atoms with Crippen molar-refractivity contribution in [3.63, 3.8) is 0 Å². The number of rotatable bonds is 7. The summed E-state index contributed by atoms with van der Waals surface area (Å²) in [6, 6.07) is 3.48. The molecule has 1 unspecified atom stereocenters. The third-order valence-corrected chi connectivity index (χ3v) is 2.26. The van der Waals surface area contributed by atoms with Gasteiger partial charge < -0.3 is 20.2 Å². The van der Waals surface area contributed by atoms with Gasteiger partial charge in [-0.25, -0.2) is 0 Å². The number of aryl methyl sites for hydroxylation is 1. The Balaban J connectivity index is 2.21. The molecule has 5 nitrogen and oxygen atoms in total. The highest BCUT2D eigenvalue weighted by atomic mass is 16.3.